The predicted molar refractivity (Wildman–Crippen MR) is 119 cm³/mol. The van der Waals surface area contributed by atoms with Crippen LogP contribution in [0.2, 0.25) is 0 Å². The third kappa shape index (κ3) is 3.85. The molecule has 1 unspecified atom stereocenters. The molecule has 4 rings (SSSR count). The van der Waals surface area contributed by atoms with E-state index < -0.39 is 0 Å². The number of aliphatic imine (C=N–C) groups is 1. The number of allylic oxidation sites excluding steroid dienone is 1. The molecule has 0 fully saturated rings. The minimum absolute atomic E-state index is 0.254. The quantitative estimate of drug-likeness (QED) is 0.501. The fourth-order valence-electron chi connectivity index (χ4n) is 3.45. The van der Waals surface area contributed by atoms with Crippen LogP contribution in [0.15, 0.2) is 79.3 Å². The number of benzene rings is 2. The van der Waals surface area contributed by atoms with E-state index in [9.17, 15) is 0 Å². The van der Waals surface area contributed by atoms with Gasteiger partial charge in [-0.1, -0.05) is 67.9 Å². The monoisotopic (exact) mass is 488 g/mol. The molecule has 0 radical (unpaired) electrons. The molecular weight excluding hydrogens is 472 g/mol. The predicted octanol–water partition coefficient (Wildman–Crippen LogP) is 6.84. The van der Waals surface area contributed by atoms with E-state index in [-0.39, 0.29) is 5.25 Å². The van der Waals surface area contributed by atoms with Crippen molar-refractivity contribution in [3.05, 3.63) is 85.4 Å². The highest BCUT2D eigenvalue weighted by molar-refractivity contribution is 9.10. The fourth-order valence-corrected chi connectivity index (χ4v) is 5.03. The second kappa shape index (κ2) is 7.75. The lowest BCUT2D eigenvalue weighted by Crippen LogP contribution is -2.19. The van der Waals surface area contributed by atoms with Crippen LogP contribution in [0, 0.1) is 0 Å². The Balaban J connectivity index is 1.76. The van der Waals surface area contributed by atoms with Crippen molar-refractivity contribution in [2.45, 2.75) is 24.5 Å². The summed E-state index contributed by atoms with van der Waals surface area (Å²) in [6, 6.07) is 17.0. The third-order valence-electron chi connectivity index (χ3n) is 4.66. The third-order valence-corrected chi connectivity index (χ3v) is 6.84. The molecule has 0 bridgehead atoms. The molecule has 1 aliphatic carbocycles. The minimum Gasteiger partial charge on any atom is -0.378 e. The van der Waals surface area contributed by atoms with Crippen molar-refractivity contribution < 1.29 is 0 Å². The highest BCUT2D eigenvalue weighted by Crippen LogP contribution is 2.48. The van der Waals surface area contributed by atoms with Crippen molar-refractivity contribution in [2.24, 2.45) is 10.7 Å². The van der Waals surface area contributed by atoms with Gasteiger partial charge < -0.3 is 5.73 Å². The van der Waals surface area contributed by atoms with Crippen LogP contribution in [0.25, 0.3) is 6.08 Å². The van der Waals surface area contributed by atoms with E-state index in [0.29, 0.717) is 5.17 Å². The van der Waals surface area contributed by atoms with Crippen molar-refractivity contribution in [3.63, 3.8) is 0 Å². The summed E-state index contributed by atoms with van der Waals surface area (Å²) in [5.41, 5.74) is 12.5. The van der Waals surface area contributed by atoms with Crippen LogP contribution in [0.3, 0.4) is 0 Å². The zero-order valence-electron chi connectivity index (χ0n) is 14.1. The van der Waals surface area contributed by atoms with E-state index in [1.54, 1.807) is 11.8 Å². The number of hydrogen-bond donors (Lipinski definition) is 1. The Hall–Kier alpha value is -1.30. The van der Waals surface area contributed by atoms with Crippen molar-refractivity contribution in [2.75, 3.05) is 0 Å². The first kappa shape index (κ1) is 18.1. The summed E-state index contributed by atoms with van der Waals surface area (Å²) in [5.74, 6) is 0. The Morgan fingerprint density at radius 2 is 1.62 bits per heavy atom. The molecule has 2 aromatic carbocycles. The highest BCUT2D eigenvalue weighted by atomic mass is 79.9. The number of rotatable bonds is 2. The van der Waals surface area contributed by atoms with E-state index in [1.165, 1.54) is 22.3 Å². The molecule has 0 aromatic heterocycles. The lowest BCUT2D eigenvalue weighted by atomic mass is 9.87. The molecule has 1 heterocycles. The van der Waals surface area contributed by atoms with Gasteiger partial charge in [-0.3, -0.25) is 0 Å². The molecule has 0 saturated heterocycles. The molecule has 2 N–H and O–H groups in total. The normalized spacial score (nSPS) is 21.5. The smallest absolute Gasteiger partial charge is 0.160 e. The second-order valence-electron chi connectivity index (χ2n) is 6.45. The zero-order chi connectivity index (χ0) is 18.1. The molecule has 1 atom stereocenters. The van der Waals surface area contributed by atoms with Gasteiger partial charge in [-0.2, -0.15) is 0 Å². The van der Waals surface area contributed by atoms with Gasteiger partial charge in [0.2, 0.25) is 0 Å². The average Bonchev–Trinajstić information content (AvgIpc) is 2.64. The van der Waals surface area contributed by atoms with Crippen LogP contribution in [0.1, 0.15) is 35.6 Å². The van der Waals surface area contributed by atoms with E-state index in [4.69, 9.17) is 10.7 Å². The molecule has 2 aliphatic rings. The summed E-state index contributed by atoms with van der Waals surface area (Å²) in [6.45, 7) is 0. The standard InChI is InChI=1S/C21H18Br2N2S/c22-16-8-4-13(5-9-16)12-15-2-1-3-18-19(15)25-21(24)26-20(18)14-6-10-17(23)11-7-14/h4-12,20H,1-3H2,(H2,24,25). The van der Waals surface area contributed by atoms with Gasteiger partial charge >= 0.3 is 0 Å². The van der Waals surface area contributed by atoms with E-state index >= 15 is 0 Å². The Kier molecular flexibility index (Phi) is 5.39. The van der Waals surface area contributed by atoms with E-state index in [1.807, 2.05) is 0 Å². The Morgan fingerprint density at radius 1 is 0.962 bits per heavy atom. The van der Waals surface area contributed by atoms with Gasteiger partial charge in [-0.15, -0.1) is 0 Å². The lowest BCUT2D eigenvalue weighted by molar-refractivity contribution is 0.736. The SMILES string of the molecule is NC1=NC2=C(CCCC2=Cc2ccc(Br)cc2)C(c2ccc(Br)cc2)S1. The number of nitrogens with two attached hydrogens (primary N) is 1. The Bertz CT molecular complexity index is 912. The van der Waals surface area contributed by atoms with Gasteiger partial charge in [0.1, 0.15) is 0 Å². The zero-order valence-corrected chi connectivity index (χ0v) is 18.1. The molecule has 132 valence electrons. The maximum atomic E-state index is 6.21. The molecule has 0 amide bonds. The van der Waals surface area contributed by atoms with Crippen LogP contribution in [-0.2, 0) is 0 Å². The van der Waals surface area contributed by atoms with Crippen molar-refractivity contribution in [3.8, 4) is 0 Å². The van der Waals surface area contributed by atoms with Crippen molar-refractivity contribution >= 4 is 54.9 Å². The Labute approximate surface area is 174 Å². The molecule has 2 aromatic rings. The second-order valence-corrected chi connectivity index (χ2v) is 9.40. The average molecular weight is 490 g/mol. The summed E-state index contributed by atoms with van der Waals surface area (Å²) in [4.78, 5) is 4.74. The molecule has 2 nitrogen and oxygen atoms in total. The number of hydrogen-bond acceptors (Lipinski definition) is 3. The summed E-state index contributed by atoms with van der Waals surface area (Å²) < 4.78 is 2.19. The fraction of sp³-hybridized carbons (Fsp3) is 0.190. The molecule has 0 spiro atoms. The summed E-state index contributed by atoms with van der Waals surface area (Å²) in [7, 11) is 0. The van der Waals surface area contributed by atoms with Gasteiger partial charge in [0.05, 0.1) is 10.9 Å². The maximum Gasteiger partial charge on any atom is 0.160 e. The van der Waals surface area contributed by atoms with Crippen LogP contribution < -0.4 is 5.73 Å². The highest BCUT2D eigenvalue weighted by Gasteiger charge is 2.30. The van der Waals surface area contributed by atoms with Gasteiger partial charge in [0.15, 0.2) is 5.17 Å². The number of amidine groups is 1. The van der Waals surface area contributed by atoms with E-state index in [2.05, 4.69) is 86.5 Å². The number of halogens is 2. The molecular formula is C21H18Br2N2S. The number of thioether (sulfide) groups is 1. The topological polar surface area (TPSA) is 38.4 Å². The molecule has 26 heavy (non-hydrogen) atoms. The van der Waals surface area contributed by atoms with Gasteiger partial charge in [-0.05, 0) is 71.9 Å². The minimum atomic E-state index is 0.254. The first-order valence-electron chi connectivity index (χ1n) is 8.56. The van der Waals surface area contributed by atoms with Gasteiger partial charge in [0, 0.05) is 8.95 Å². The maximum absolute atomic E-state index is 6.21. The van der Waals surface area contributed by atoms with E-state index in [0.717, 1.165) is 33.9 Å². The molecule has 1 aliphatic heterocycles. The van der Waals surface area contributed by atoms with Crippen LogP contribution in [0.4, 0.5) is 0 Å². The van der Waals surface area contributed by atoms with Crippen molar-refractivity contribution in [1.29, 1.82) is 0 Å². The molecule has 0 saturated carbocycles. The van der Waals surface area contributed by atoms with Gasteiger partial charge in [-0.25, -0.2) is 4.99 Å². The summed E-state index contributed by atoms with van der Waals surface area (Å²) >= 11 is 8.68. The van der Waals surface area contributed by atoms with Crippen LogP contribution in [-0.4, -0.2) is 5.17 Å². The first-order valence-corrected chi connectivity index (χ1v) is 11.0. The summed E-state index contributed by atoms with van der Waals surface area (Å²) in [5, 5.41) is 0.907. The van der Waals surface area contributed by atoms with Crippen molar-refractivity contribution in [1.82, 2.24) is 0 Å². The van der Waals surface area contributed by atoms with Crippen LogP contribution >= 0.6 is 43.6 Å². The van der Waals surface area contributed by atoms with Crippen LogP contribution in [0.5, 0.6) is 0 Å². The van der Waals surface area contributed by atoms with Gasteiger partial charge in [0.25, 0.3) is 0 Å². The largest absolute Gasteiger partial charge is 0.378 e. The Morgan fingerprint density at radius 3 is 2.31 bits per heavy atom. The number of nitrogens with zero attached hydrogens (tertiary/aromatic N) is 1. The summed E-state index contributed by atoms with van der Waals surface area (Å²) in [6.07, 6.45) is 5.54. The first-order chi connectivity index (χ1) is 12.6. The lowest BCUT2D eigenvalue weighted by Gasteiger charge is -2.30. The molecule has 5 heteroatoms.